The van der Waals surface area contributed by atoms with Crippen molar-refractivity contribution in [3.63, 3.8) is 0 Å². The van der Waals surface area contributed by atoms with Gasteiger partial charge < -0.3 is 19.3 Å². The Kier molecular flexibility index (Phi) is 6.13. The first kappa shape index (κ1) is 18.9. The quantitative estimate of drug-likeness (QED) is 0.595. The number of aliphatic carboxylic acids is 1. The highest BCUT2D eigenvalue weighted by Gasteiger charge is 2.41. The predicted molar refractivity (Wildman–Crippen MR) is 75.5 cm³/mol. The number of benzene rings is 1. The summed E-state index contributed by atoms with van der Waals surface area (Å²) in [6, 6.07) is 2.19. The van der Waals surface area contributed by atoms with E-state index < -0.39 is 34.3 Å². The second kappa shape index (κ2) is 7.44. The summed E-state index contributed by atoms with van der Waals surface area (Å²) < 4.78 is 52.3. The van der Waals surface area contributed by atoms with Gasteiger partial charge >= 0.3 is 11.5 Å². The lowest BCUT2D eigenvalue weighted by Gasteiger charge is -2.16. The predicted octanol–water partition coefficient (Wildman–Crippen LogP) is 2.60. The maximum absolute atomic E-state index is 12.4. The first-order valence-corrected chi connectivity index (χ1v) is 6.84. The Morgan fingerprint density at radius 2 is 1.57 bits per heavy atom. The number of Topliss-reactive ketones (excluding diaryl/α,β-unsaturated/α-hetero) is 1. The van der Waals surface area contributed by atoms with Crippen molar-refractivity contribution in [2.45, 2.75) is 10.8 Å². The van der Waals surface area contributed by atoms with Crippen LogP contribution in [0.1, 0.15) is 10.4 Å². The third-order valence-electron chi connectivity index (χ3n) is 2.66. The number of carboxylic acids is 1. The molecule has 0 aliphatic heterocycles. The molecule has 6 nitrogen and oxygen atoms in total. The molecule has 1 aromatic carbocycles. The Morgan fingerprint density at radius 3 is 1.87 bits per heavy atom. The fraction of sp³-hybridized carbons (Fsp3) is 0.385. The van der Waals surface area contributed by atoms with Crippen molar-refractivity contribution >= 4 is 23.5 Å². The monoisotopic (exact) mass is 354 g/mol. The third-order valence-corrected chi connectivity index (χ3v) is 3.58. The maximum atomic E-state index is 12.4. The number of alkyl halides is 3. The van der Waals surface area contributed by atoms with Crippen LogP contribution in [0.5, 0.6) is 17.2 Å². The van der Waals surface area contributed by atoms with Crippen LogP contribution in [0.2, 0.25) is 0 Å². The molecule has 0 saturated heterocycles. The van der Waals surface area contributed by atoms with Crippen LogP contribution in [0.4, 0.5) is 13.2 Å². The van der Waals surface area contributed by atoms with Crippen LogP contribution in [0, 0.1) is 0 Å². The summed E-state index contributed by atoms with van der Waals surface area (Å²) in [6.07, 6.45) is 0. The van der Waals surface area contributed by atoms with Crippen molar-refractivity contribution in [3.8, 4) is 17.2 Å². The van der Waals surface area contributed by atoms with Crippen molar-refractivity contribution in [1.29, 1.82) is 0 Å². The van der Waals surface area contributed by atoms with E-state index in [1.165, 1.54) is 21.3 Å². The standard InChI is InChI=1S/C13H13F3O6S/c1-20-7-4-6(5-8(21-2)10(7)22-3)9(17)11(12(18)19)23-13(14,15)16/h4-5,11H,1-3H3,(H,18,19). The van der Waals surface area contributed by atoms with E-state index in [1.54, 1.807) is 0 Å². The van der Waals surface area contributed by atoms with Crippen LogP contribution >= 0.6 is 11.8 Å². The summed E-state index contributed by atoms with van der Waals surface area (Å²) in [7, 11) is 3.82. The molecule has 0 spiro atoms. The minimum Gasteiger partial charge on any atom is -0.493 e. The molecule has 0 aliphatic rings. The second-order valence-corrected chi connectivity index (χ2v) is 5.23. The maximum Gasteiger partial charge on any atom is 0.443 e. The zero-order valence-electron chi connectivity index (χ0n) is 12.3. The van der Waals surface area contributed by atoms with Gasteiger partial charge in [-0.25, -0.2) is 0 Å². The number of carboxylic acid groups (broad SMARTS) is 1. The van der Waals surface area contributed by atoms with Gasteiger partial charge in [0.15, 0.2) is 22.5 Å². The first-order chi connectivity index (χ1) is 10.6. The molecule has 23 heavy (non-hydrogen) atoms. The zero-order valence-corrected chi connectivity index (χ0v) is 13.1. The SMILES string of the molecule is COc1cc(C(=O)C(SC(F)(F)F)C(=O)O)cc(OC)c1OC. The molecule has 0 amide bonds. The highest BCUT2D eigenvalue weighted by Crippen LogP contribution is 2.40. The van der Waals surface area contributed by atoms with Gasteiger partial charge in [0.2, 0.25) is 5.75 Å². The highest BCUT2D eigenvalue weighted by molar-refractivity contribution is 8.02. The van der Waals surface area contributed by atoms with E-state index in [4.69, 9.17) is 19.3 Å². The normalized spacial score (nSPS) is 12.4. The Hall–Kier alpha value is -2.10. The van der Waals surface area contributed by atoms with Crippen LogP contribution in [-0.2, 0) is 4.79 Å². The number of ketones is 1. The van der Waals surface area contributed by atoms with Gasteiger partial charge in [-0.05, 0) is 23.9 Å². The van der Waals surface area contributed by atoms with E-state index in [0.29, 0.717) is 0 Å². The summed E-state index contributed by atoms with van der Waals surface area (Å²) in [4.78, 5) is 23.1. The molecular weight excluding hydrogens is 341 g/mol. The van der Waals surface area contributed by atoms with Crippen molar-refractivity contribution in [1.82, 2.24) is 0 Å². The molecule has 0 radical (unpaired) electrons. The van der Waals surface area contributed by atoms with Crippen LogP contribution in [0.15, 0.2) is 12.1 Å². The number of hydrogen-bond donors (Lipinski definition) is 1. The molecular formula is C13H13F3O6S. The first-order valence-electron chi connectivity index (χ1n) is 5.96. The molecule has 1 unspecified atom stereocenters. The van der Waals surface area contributed by atoms with Gasteiger partial charge in [0.25, 0.3) is 0 Å². The number of halogens is 3. The number of carbonyl (C=O) groups excluding carboxylic acids is 1. The third kappa shape index (κ3) is 4.68. The van der Waals surface area contributed by atoms with Gasteiger partial charge in [-0.3, -0.25) is 9.59 Å². The minimum absolute atomic E-state index is 0.0244. The lowest BCUT2D eigenvalue weighted by atomic mass is 10.1. The van der Waals surface area contributed by atoms with Crippen LogP contribution in [0.25, 0.3) is 0 Å². The van der Waals surface area contributed by atoms with Crippen LogP contribution in [-0.4, -0.2) is 48.9 Å². The zero-order chi connectivity index (χ0) is 17.8. The van der Waals surface area contributed by atoms with Gasteiger partial charge in [0.1, 0.15) is 0 Å². The molecule has 128 valence electrons. The molecule has 0 bridgehead atoms. The average Bonchev–Trinajstić information content (AvgIpc) is 2.49. The summed E-state index contributed by atoms with van der Waals surface area (Å²) >= 11 is -0.912. The molecule has 10 heteroatoms. The molecule has 1 rings (SSSR count). The molecule has 1 atom stereocenters. The van der Waals surface area contributed by atoms with Gasteiger partial charge in [-0.15, -0.1) is 0 Å². The fourth-order valence-corrected chi connectivity index (χ4v) is 2.34. The Morgan fingerprint density at radius 1 is 1.09 bits per heavy atom. The van der Waals surface area contributed by atoms with E-state index in [0.717, 1.165) is 12.1 Å². The summed E-state index contributed by atoms with van der Waals surface area (Å²) in [5, 5.41) is 6.56. The summed E-state index contributed by atoms with van der Waals surface area (Å²) in [6.45, 7) is 0. The van der Waals surface area contributed by atoms with E-state index >= 15 is 0 Å². The van der Waals surface area contributed by atoms with Gasteiger partial charge in [-0.1, -0.05) is 0 Å². The van der Waals surface area contributed by atoms with Crippen molar-refractivity contribution in [3.05, 3.63) is 17.7 Å². The van der Waals surface area contributed by atoms with Crippen molar-refractivity contribution in [2.75, 3.05) is 21.3 Å². The van der Waals surface area contributed by atoms with Crippen LogP contribution in [0.3, 0.4) is 0 Å². The topological polar surface area (TPSA) is 82.1 Å². The number of thioether (sulfide) groups is 1. The van der Waals surface area contributed by atoms with Crippen LogP contribution < -0.4 is 14.2 Å². The van der Waals surface area contributed by atoms with Crippen molar-refractivity contribution < 1.29 is 42.1 Å². The molecule has 0 heterocycles. The van der Waals surface area contributed by atoms with E-state index in [9.17, 15) is 22.8 Å². The van der Waals surface area contributed by atoms with Crippen molar-refractivity contribution in [2.24, 2.45) is 0 Å². The Balaban J connectivity index is 3.32. The molecule has 0 fully saturated rings. The number of rotatable bonds is 7. The van der Waals surface area contributed by atoms with Gasteiger partial charge in [-0.2, -0.15) is 13.2 Å². The Labute approximate surface area is 133 Å². The number of ether oxygens (including phenoxy) is 3. The summed E-state index contributed by atoms with van der Waals surface area (Å²) in [5.41, 5.74) is -5.18. The lowest BCUT2D eigenvalue weighted by molar-refractivity contribution is -0.135. The number of carbonyl (C=O) groups is 2. The van der Waals surface area contributed by atoms with E-state index in [1.807, 2.05) is 0 Å². The van der Waals surface area contributed by atoms with E-state index in [2.05, 4.69) is 0 Å². The summed E-state index contributed by atoms with van der Waals surface area (Å²) in [5.74, 6) is -2.96. The second-order valence-electron chi connectivity index (χ2n) is 4.06. The molecule has 0 saturated carbocycles. The molecule has 0 aromatic heterocycles. The number of methoxy groups -OCH3 is 3. The van der Waals surface area contributed by atoms with Gasteiger partial charge in [0, 0.05) is 5.56 Å². The highest BCUT2D eigenvalue weighted by atomic mass is 32.2. The average molecular weight is 354 g/mol. The Bertz CT molecular complexity index is 577. The van der Waals surface area contributed by atoms with E-state index in [-0.39, 0.29) is 22.8 Å². The molecule has 1 N–H and O–H groups in total. The molecule has 0 aliphatic carbocycles. The number of hydrogen-bond acceptors (Lipinski definition) is 6. The minimum atomic E-state index is -4.88. The lowest BCUT2D eigenvalue weighted by Crippen LogP contribution is -2.30. The largest absolute Gasteiger partial charge is 0.493 e. The fourth-order valence-electron chi connectivity index (χ4n) is 1.72. The van der Waals surface area contributed by atoms with Gasteiger partial charge in [0.05, 0.1) is 21.3 Å². The smallest absolute Gasteiger partial charge is 0.443 e. The molecule has 1 aromatic rings.